The summed E-state index contributed by atoms with van der Waals surface area (Å²) in [6.07, 6.45) is 0. The summed E-state index contributed by atoms with van der Waals surface area (Å²) in [5.74, 6) is 2.09. The molecule has 0 amide bonds. The molecule has 0 atom stereocenters. The van der Waals surface area contributed by atoms with Crippen LogP contribution in [0.4, 0.5) is 0 Å². The largest absolute Gasteiger partial charge is 0.463 e. The summed E-state index contributed by atoms with van der Waals surface area (Å²) in [7, 11) is 1.94. The fourth-order valence-electron chi connectivity index (χ4n) is 2.35. The van der Waals surface area contributed by atoms with Crippen molar-refractivity contribution in [2.75, 3.05) is 13.6 Å². The average Bonchev–Trinajstić information content (AvgIpc) is 2.80. The molecule has 0 unspecified atom stereocenters. The lowest BCUT2D eigenvalue weighted by Gasteiger charge is -2.19. The molecule has 1 aromatic carbocycles. The summed E-state index contributed by atoms with van der Waals surface area (Å²) in [5.41, 5.74) is 2.57. The van der Waals surface area contributed by atoms with Crippen LogP contribution in [0.2, 0.25) is 0 Å². The van der Waals surface area contributed by atoms with Gasteiger partial charge in [0.15, 0.2) is 0 Å². The van der Waals surface area contributed by atoms with Crippen molar-refractivity contribution in [1.29, 1.82) is 0 Å². The Morgan fingerprint density at radius 3 is 2.55 bits per heavy atom. The van der Waals surface area contributed by atoms with E-state index in [-0.39, 0.29) is 0 Å². The molecule has 0 aliphatic rings. The molecule has 3 heteroatoms. The second kappa shape index (κ2) is 7.27. The molecule has 0 saturated carbocycles. The van der Waals surface area contributed by atoms with Gasteiger partial charge in [0.2, 0.25) is 0 Å². The van der Waals surface area contributed by atoms with E-state index in [1.54, 1.807) is 0 Å². The first-order valence-corrected chi connectivity index (χ1v) is 7.22. The van der Waals surface area contributed by atoms with E-state index < -0.39 is 0 Å². The maximum absolute atomic E-state index is 5.92. The van der Waals surface area contributed by atoms with E-state index in [1.807, 2.05) is 7.05 Å². The van der Waals surface area contributed by atoms with Crippen LogP contribution in [0.25, 0.3) is 0 Å². The number of nitrogens with zero attached hydrogens (tertiary/aromatic N) is 1. The first-order valence-electron chi connectivity index (χ1n) is 7.22. The van der Waals surface area contributed by atoms with Gasteiger partial charge < -0.3 is 9.73 Å². The van der Waals surface area contributed by atoms with E-state index in [1.165, 1.54) is 11.1 Å². The molecule has 108 valence electrons. The van der Waals surface area contributed by atoms with Gasteiger partial charge >= 0.3 is 0 Å². The molecular weight excluding hydrogens is 248 g/mol. The quantitative estimate of drug-likeness (QED) is 0.838. The fourth-order valence-corrected chi connectivity index (χ4v) is 2.35. The molecule has 20 heavy (non-hydrogen) atoms. The van der Waals surface area contributed by atoms with Gasteiger partial charge in [0.1, 0.15) is 11.5 Å². The van der Waals surface area contributed by atoms with E-state index in [9.17, 15) is 0 Å². The summed E-state index contributed by atoms with van der Waals surface area (Å²) in [5, 5.41) is 3.14. The predicted molar refractivity (Wildman–Crippen MR) is 82.4 cm³/mol. The zero-order valence-electron chi connectivity index (χ0n) is 12.6. The van der Waals surface area contributed by atoms with Gasteiger partial charge in [-0.2, -0.15) is 0 Å². The number of benzene rings is 1. The number of aryl methyl sites for hydroxylation is 1. The average molecular weight is 272 g/mol. The van der Waals surface area contributed by atoms with Gasteiger partial charge in [-0.3, -0.25) is 4.90 Å². The SMILES string of the molecule is CCN(Cc1ccccc1)Cc1cc(C)c(CNC)o1. The van der Waals surface area contributed by atoms with E-state index in [0.717, 1.165) is 37.7 Å². The van der Waals surface area contributed by atoms with Gasteiger partial charge in [0, 0.05) is 6.54 Å². The minimum atomic E-state index is 0.788. The second-order valence-corrected chi connectivity index (χ2v) is 5.14. The van der Waals surface area contributed by atoms with Crippen molar-refractivity contribution < 1.29 is 4.42 Å². The summed E-state index contributed by atoms with van der Waals surface area (Å²) in [6, 6.07) is 12.7. The van der Waals surface area contributed by atoms with Crippen LogP contribution in [-0.2, 0) is 19.6 Å². The van der Waals surface area contributed by atoms with Crippen molar-refractivity contribution in [2.24, 2.45) is 0 Å². The fraction of sp³-hybridized carbons (Fsp3) is 0.412. The first kappa shape index (κ1) is 14.8. The van der Waals surface area contributed by atoms with E-state index in [0.29, 0.717) is 0 Å². The lowest BCUT2D eigenvalue weighted by atomic mass is 10.2. The van der Waals surface area contributed by atoms with Crippen molar-refractivity contribution >= 4 is 0 Å². The Balaban J connectivity index is 2.01. The molecule has 0 saturated heterocycles. The predicted octanol–water partition coefficient (Wildman–Crippen LogP) is 3.33. The van der Waals surface area contributed by atoms with Gasteiger partial charge in [-0.25, -0.2) is 0 Å². The van der Waals surface area contributed by atoms with Crippen molar-refractivity contribution in [1.82, 2.24) is 10.2 Å². The van der Waals surface area contributed by atoms with Crippen LogP contribution in [0, 0.1) is 6.92 Å². The summed E-state index contributed by atoms with van der Waals surface area (Å²) < 4.78 is 5.92. The molecule has 0 bridgehead atoms. The Morgan fingerprint density at radius 1 is 1.15 bits per heavy atom. The van der Waals surface area contributed by atoms with Crippen LogP contribution in [0.15, 0.2) is 40.8 Å². The smallest absolute Gasteiger partial charge is 0.120 e. The Hall–Kier alpha value is -1.58. The molecule has 0 aliphatic heterocycles. The zero-order chi connectivity index (χ0) is 14.4. The molecule has 1 aromatic heterocycles. The minimum absolute atomic E-state index is 0.788. The second-order valence-electron chi connectivity index (χ2n) is 5.14. The number of hydrogen-bond acceptors (Lipinski definition) is 3. The van der Waals surface area contributed by atoms with Crippen LogP contribution in [-0.4, -0.2) is 18.5 Å². The Morgan fingerprint density at radius 2 is 1.90 bits per heavy atom. The standard InChI is InChI=1S/C17H24N2O/c1-4-19(12-15-8-6-5-7-9-15)13-16-10-14(2)17(20-16)11-18-3/h5-10,18H,4,11-13H2,1-3H3. The van der Waals surface area contributed by atoms with E-state index in [2.05, 4.69) is 60.5 Å². The van der Waals surface area contributed by atoms with Gasteiger partial charge in [-0.1, -0.05) is 37.3 Å². The maximum Gasteiger partial charge on any atom is 0.120 e. The number of furan rings is 1. The molecule has 1 N–H and O–H groups in total. The topological polar surface area (TPSA) is 28.4 Å². The molecule has 0 fully saturated rings. The molecule has 0 radical (unpaired) electrons. The lowest BCUT2D eigenvalue weighted by Crippen LogP contribution is -2.21. The monoisotopic (exact) mass is 272 g/mol. The highest BCUT2D eigenvalue weighted by Gasteiger charge is 2.11. The number of nitrogens with one attached hydrogen (secondary N) is 1. The molecule has 0 spiro atoms. The van der Waals surface area contributed by atoms with Crippen LogP contribution < -0.4 is 5.32 Å². The third-order valence-corrected chi connectivity index (χ3v) is 3.48. The van der Waals surface area contributed by atoms with Crippen LogP contribution in [0.5, 0.6) is 0 Å². The highest BCUT2D eigenvalue weighted by Crippen LogP contribution is 2.17. The van der Waals surface area contributed by atoms with Gasteiger partial charge in [0.25, 0.3) is 0 Å². The first-order chi connectivity index (χ1) is 9.72. The highest BCUT2D eigenvalue weighted by atomic mass is 16.3. The minimum Gasteiger partial charge on any atom is -0.463 e. The van der Waals surface area contributed by atoms with Gasteiger partial charge in [-0.15, -0.1) is 0 Å². The van der Waals surface area contributed by atoms with Gasteiger partial charge in [0.05, 0.1) is 13.1 Å². The number of rotatable bonds is 7. The summed E-state index contributed by atoms with van der Waals surface area (Å²) in [6.45, 7) is 7.90. The third-order valence-electron chi connectivity index (χ3n) is 3.48. The molecule has 2 rings (SSSR count). The summed E-state index contributed by atoms with van der Waals surface area (Å²) in [4.78, 5) is 2.39. The van der Waals surface area contributed by atoms with E-state index >= 15 is 0 Å². The molecular formula is C17H24N2O. The Bertz CT molecular complexity index is 519. The number of hydrogen-bond donors (Lipinski definition) is 1. The molecule has 2 aromatic rings. The van der Waals surface area contributed by atoms with Gasteiger partial charge in [-0.05, 0) is 37.7 Å². The van der Waals surface area contributed by atoms with Crippen molar-refractivity contribution in [3.8, 4) is 0 Å². The third kappa shape index (κ3) is 3.95. The van der Waals surface area contributed by atoms with Crippen molar-refractivity contribution in [3.63, 3.8) is 0 Å². The Labute approximate surface area is 121 Å². The molecule has 1 heterocycles. The van der Waals surface area contributed by atoms with Crippen molar-refractivity contribution in [3.05, 3.63) is 59.0 Å². The Kier molecular flexibility index (Phi) is 5.39. The van der Waals surface area contributed by atoms with Crippen molar-refractivity contribution in [2.45, 2.75) is 33.5 Å². The highest BCUT2D eigenvalue weighted by molar-refractivity contribution is 5.20. The van der Waals surface area contributed by atoms with Crippen LogP contribution >= 0.6 is 0 Å². The lowest BCUT2D eigenvalue weighted by molar-refractivity contribution is 0.244. The zero-order valence-corrected chi connectivity index (χ0v) is 12.6. The van der Waals surface area contributed by atoms with E-state index in [4.69, 9.17) is 4.42 Å². The van der Waals surface area contributed by atoms with Crippen LogP contribution in [0.1, 0.15) is 29.6 Å². The van der Waals surface area contributed by atoms with Crippen LogP contribution in [0.3, 0.4) is 0 Å². The maximum atomic E-state index is 5.92. The summed E-state index contributed by atoms with van der Waals surface area (Å²) >= 11 is 0. The molecule has 3 nitrogen and oxygen atoms in total. The molecule has 0 aliphatic carbocycles. The normalized spacial score (nSPS) is 11.2.